The molecule has 3 heteroatoms. The van der Waals surface area contributed by atoms with Gasteiger partial charge in [0.1, 0.15) is 0 Å². The van der Waals surface area contributed by atoms with E-state index in [1.807, 2.05) is 4.90 Å². The Hall–Kier alpha value is -0.240. The van der Waals surface area contributed by atoms with E-state index in [0.29, 0.717) is 5.91 Å². The largest absolute Gasteiger partial charge is 0.343 e. The fourth-order valence-corrected chi connectivity index (χ4v) is 2.02. The van der Waals surface area contributed by atoms with Crippen molar-refractivity contribution < 1.29 is 4.79 Å². The van der Waals surface area contributed by atoms with Crippen molar-refractivity contribution in [1.82, 2.24) is 4.90 Å². The second kappa shape index (κ2) is 9.02. The van der Waals surface area contributed by atoms with Crippen molar-refractivity contribution in [1.29, 1.82) is 0 Å². The second-order valence-electron chi connectivity index (χ2n) is 4.25. The van der Waals surface area contributed by atoms with Gasteiger partial charge in [0, 0.05) is 19.5 Å². The fraction of sp³-hybridized carbons (Fsp3) is 0.917. The molecule has 0 bridgehead atoms. The van der Waals surface area contributed by atoms with Gasteiger partial charge >= 0.3 is 0 Å². The van der Waals surface area contributed by atoms with Gasteiger partial charge in [-0.25, -0.2) is 0 Å². The smallest absolute Gasteiger partial charge is 0.222 e. The molecule has 90 valence electrons. The van der Waals surface area contributed by atoms with Crippen LogP contribution in [0.25, 0.3) is 0 Å². The number of nitrogens with zero attached hydrogens (tertiary/aromatic N) is 1. The van der Waals surface area contributed by atoms with Gasteiger partial charge in [-0.2, -0.15) is 0 Å². The molecular formula is C12H24ClNO. The molecule has 1 aliphatic heterocycles. The third-order valence-corrected chi connectivity index (χ3v) is 2.95. The highest BCUT2D eigenvalue weighted by Crippen LogP contribution is 2.12. The van der Waals surface area contributed by atoms with E-state index in [0.717, 1.165) is 25.9 Å². The highest BCUT2D eigenvalue weighted by Gasteiger charge is 2.18. The van der Waals surface area contributed by atoms with Crippen LogP contribution in [0.1, 0.15) is 58.3 Å². The van der Waals surface area contributed by atoms with Gasteiger partial charge in [0.15, 0.2) is 0 Å². The Kier molecular flexibility index (Phi) is 8.88. The van der Waals surface area contributed by atoms with Crippen molar-refractivity contribution in [2.45, 2.75) is 58.3 Å². The van der Waals surface area contributed by atoms with Crippen molar-refractivity contribution >= 4 is 18.3 Å². The summed E-state index contributed by atoms with van der Waals surface area (Å²) >= 11 is 0. The van der Waals surface area contributed by atoms with Gasteiger partial charge in [0.2, 0.25) is 5.91 Å². The molecule has 0 aromatic carbocycles. The van der Waals surface area contributed by atoms with Crippen molar-refractivity contribution in [2.75, 3.05) is 13.1 Å². The molecular weight excluding hydrogens is 210 g/mol. The number of likely N-dealkylation sites (tertiary alicyclic amines) is 1. The van der Waals surface area contributed by atoms with Crippen LogP contribution in [0.15, 0.2) is 0 Å². The van der Waals surface area contributed by atoms with Crippen LogP contribution in [0.4, 0.5) is 0 Å². The Labute approximate surface area is 99.8 Å². The first-order valence-electron chi connectivity index (χ1n) is 6.12. The minimum absolute atomic E-state index is 0. The molecule has 0 atom stereocenters. The van der Waals surface area contributed by atoms with Crippen LogP contribution in [0, 0.1) is 0 Å². The average molecular weight is 234 g/mol. The fourth-order valence-electron chi connectivity index (χ4n) is 2.02. The van der Waals surface area contributed by atoms with Crippen LogP contribution in [-0.4, -0.2) is 23.9 Å². The minimum atomic E-state index is 0. The van der Waals surface area contributed by atoms with Crippen LogP contribution in [0.5, 0.6) is 0 Å². The summed E-state index contributed by atoms with van der Waals surface area (Å²) in [5, 5.41) is 0. The summed E-state index contributed by atoms with van der Waals surface area (Å²) in [5.74, 6) is 0.374. The van der Waals surface area contributed by atoms with Gasteiger partial charge in [-0.15, -0.1) is 12.4 Å². The molecule has 15 heavy (non-hydrogen) atoms. The SMILES string of the molecule is CCCCCCCCN1CCCC1=O.Cl. The summed E-state index contributed by atoms with van der Waals surface area (Å²) in [6.07, 6.45) is 9.75. The first kappa shape index (κ1) is 14.8. The molecule has 0 N–H and O–H groups in total. The molecule has 0 aromatic rings. The highest BCUT2D eigenvalue weighted by molar-refractivity contribution is 5.85. The number of carbonyl (C=O) groups is 1. The van der Waals surface area contributed by atoms with Crippen molar-refractivity contribution in [3.05, 3.63) is 0 Å². The lowest BCUT2D eigenvalue weighted by molar-refractivity contribution is -0.127. The Morgan fingerprint density at radius 2 is 1.80 bits per heavy atom. The van der Waals surface area contributed by atoms with Crippen molar-refractivity contribution in [2.24, 2.45) is 0 Å². The molecule has 0 spiro atoms. The van der Waals surface area contributed by atoms with E-state index in [1.165, 1.54) is 38.5 Å². The average Bonchev–Trinajstić information content (AvgIpc) is 2.58. The third-order valence-electron chi connectivity index (χ3n) is 2.95. The first-order chi connectivity index (χ1) is 6.84. The number of amides is 1. The van der Waals surface area contributed by atoms with Gasteiger partial charge in [0.05, 0.1) is 0 Å². The van der Waals surface area contributed by atoms with E-state index < -0.39 is 0 Å². The second-order valence-corrected chi connectivity index (χ2v) is 4.25. The number of hydrogen-bond acceptors (Lipinski definition) is 1. The predicted molar refractivity (Wildman–Crippen MR) is 66.4 cm³/mol. The molecule has 1 heterocycles. The maximum absolute atomic E-state index is 11.3. The Morgan fingerprint density at radius 1 is 1.13 bits per heavy atom. The van der Waals surface area contributed by atoms with E-state index in [4.69, 9.17) is 0 Å². The topological polar surface area (TPSA) is 20.3 Å². The predicted octanol–water partition coefficient (Wildman–Crippen LogP) is 3.39. The van der Waals surface area contributed by atoms with Gasteiger partial charge in [-0.05, 0) is 12.8 Å². The van der Waals surface area contributed by atoms with E-state index in [1.54, 1.807) is 0 Å². The monoisotopic (exact) mass is 233 g/mol. The molecule has 0 saturated carbocycles. The quantitative estimate of drug-likeness (QED) is 0.618. The van der Waals surface area contributed by atoms with Gasteiger partial charge in [-0.3, -0.25) is 4.79 Å². The summed E-state index contributed by atoms with van der Waals surface area (Å²) in [6.45, 7) is 4.25. The summed E-state index contributed by atoms with van der Waals surface area (Å²) in [4.78, 5) is 13.3. The maximum atomic E-state index is 11.3. The molecule has 1 fully saturated rings. The van der Waals surface area contributed by atoms with Crippen LogP contribution < -0.4 is 0 Å². The normalized spacial score (nSPS) is 15.5. The van der Waals surface area contributed by atoms with E-state index in [-0.39, 0.29) is 12.4 Å². The van der Waals surface area contributed by atoms with Crippen molar-refractivity contribution in [3.8, 4) is 0 Å². The molecule has 0 aliphatic carbocycles. The molecule has 1 rings (SSSR count). The zero-order chi connectivity index (χ0) is 10.2. The van der Waals surface area contributed by atoms with Crippen molar-refractivity contribution in [3.63, 3.8) is 0 Å². The van der Waals surface area contributed by atoms with Crippen LogP contribution in [-0.2, 0) is 4.79 Å². The zero-order valence-corrected chi connectivity index (χ0v) is 10.7. The molecule has 0 aromatic heterocycles. The summed E-state index contributed by atoms with van der Waals surface area (Å²) in [5.41, 5.74) is 0. The lowest BCUT2D eigenvalue weighted by atomic mass is 10.1. The lowest BCUT2D eigenvalue weighted by Gasteiger charge is -2.14. The lowest BCUT2D eigenvalue weighted by Crippen LogP contribution is -2.25. The van der Waals surface area contributed by atoms with Crippen LogP contribution >= 0.6 is 12.4 Å². The number of carbonyl (C=O) groups excluding carboxylic acids is 1. The first-order valence-corrected chi connectivity index (χ1v) is 6.12. The molecule has 1 aliphatic rings. The number of halogens is 1. The summed E-state index contributed by atoms with van der Waals surface area (Å²) in [7, 11) is 0. The summed E-state index contributed by atoms with van der Waals surface area (Å²) in [6, 6.07) is 0. The molecule has 0 radical (unpaired) electrons. The molecule has 1 saturated heterocycles. The zero-order valence-electron chi connectivity index (χ0n) is 9.83. The van der Waals surface area contributed by atoms with Crippen LogP contribution in [0.3, 0.4) is 0 Å². The third kappa shape index (κ3) is 6.03. The number of rotatable bonds is 7. The maximum Gasteiger partial charge on any atom is 0.222 e. The van der Waals surface area contributed by atoms with E-state index in [9.17, 15) is 4.79 Å². The Morgan fingerprint density at radius 3 is 2.40 bits per heavy atom. The highest BCUT2D eigenvalue weighted by atomic mass is 35.5. The molecule has 0 unspecified atom stereocenters. The van der Waals surface area contributed by atoms with Gasteiger partial charge in [-0.1, -0.05) is 39.0 Å². The van der Waals surface area contributed by atoms with Gasteiger partial charge in [0.25, 0.3) is 0 Å². The molecule has 1 amide bonds. The Bertz CT molecular complexity index is 173. The van der Waals surface area contributed by atoms with E-state index >= 15 is 0 Å². The number of hydrogen-bond donors (Lipinski definition) is 0. The Balaban J connectivity index is 0.00000196. The van der Waals surface area contributed by atoms with Gasteiger partial charge < -0.3 is 4.90 Å². The standard InChI is InChI=1S/C12H23NO.ClH/c1-2-3-4-5-6-7-10-13-11-8-9-12(13)14;/h2-11H2,1H3;1H. The molecule has 2 nitrogen and oxygen atoms in total. The van der Waals surface area contributed by atoms with E-state index in [2.05, 4.69) is 6.92 Å². The minimum Gasteiger partial charge on any atom is -0.343 e. The van der Waals surface area contributed by atoms with Crippen LogP contribution in [0.2, 0.25) is 0 Å². The number of unbranched alkanes of at least 4 members (excludes halogenated alkanes) is 5. The summed E-state index contributed by atoms with van der Waals surface area (Å²) < 4.78 is 0.